The molecular formula is C19H19NO. The van der Waals surface area contributed by atoms with Gasteiger partial charge in [-0.1, -0.05) is 35.4 Å². The van der Waals surface area contributed by atoms with Crippen LogP contribution < -0.4 is 0 Å². The smallest absolute Gasteiger partial charge is 0.152 e. The summed E-state index contributed by atoms with van der Waals surface area (Å²) in [5.41, 5.74) is 6.89. The predicted octanol–water partition coefficient (Wildman–Crippen LogP) is 4.43. The number of nitrogens with zero attached hydrogens (tertiary/aromatic N) is 1. The van der Waals surface area contributed by atoms with Crippen molar-refractivity contribution in [2.45, 2.75) is 27.3 Å². The molecule has 0 aliphatic carbocycles. The summed E-state index contributed by atoms with van der Waals surface area (Å²) in [4.78, 5) is 11.3. The van der Waals surface area contributed by atoms with Crippen molar-refractivity contribution in [3.05, 3.63) is 70.4 Å². The van der Waals surface area contributed by atoms with Crippen LogP contribution in [-0.2, 0) is 6.54 Å². The molecule has 0 bridgehead atoms. The van der Waals surface area contributed by atoms with E-state index in [2.05, 4.69) is 61.7 Å². The van der Waals surface area contributed by atoms with Crippen molar-refractivity contribution in [2.75, 3.05) is 0 Å². The molecule has 0 saturated carbocycles. The first-order chi connectivity index (χ1) is 10.1. The number of benzene rings is 2. The summed E-state index contributed by atoms with van der Waals surface area (Å²) in [6.07, 6.45) is 2.90. The summed E-state index contributed by atoms with van der Waals surface area (Å²) in [7, 11) is 0. The molecule has 0 atom stereocenters. The number of fused-ring (bicyclic) bond motifs is 1. The minimum absolute atomic E-state index is 0.763. The summed E-state index contributed by atoms with van der Waals surface area (Å²) >= 11 is 0. The molecule has 1 heterocycles. The fraction of sp³-hybridized carbons (Fsp3) is 0.211. The van der Waals surface area contributed by atoms with Crippen LogP contribution in [0.2, 0.25) is 0 Å². The Labute approximate surface area is 125 Å². The Kier molecular flexibility index (Phi) is 3.38. The van der Waals surface area contributed by atoms with Crippen molar-refractivity contribution in [1.29, 1.82) is 0 Å². The highest BCUT2D eigenvalue weighted by Gasteiger charge is 2.09. The van der Waals surface area contributed by atoms with Crippen LogP contribution in [0, 0.1) is 20.8 Å². The van der Waals surface area contributed by atoms with Gasteiger partial charge in [0.1, 0.15) is 0 Å². The number of carbonyl (C=O) groups excluding carboxylic acids is 1. The van der Waals surface area contributed by atoms with Crippen molar-refractivity contribution >= 4 is 17.2 Å². The van der Waals surface area contributed by atoms with Crippen LogP contribution in [0.3, 0.4) is 0 Å². The molecule has 0 amide bonds. The van der Waals surface area contributed by atoms with Crippen LogP contribution in [0.15, 0.2) is 42.6 Å². The lowest BCUT2D eigenvalue weighted by Crippen LogP contribution is -2.00. The summed E-state index contributed by atoms with van der Waals surface area (Å²) in [6, 6.07) is 12.8. The Morgan fingerprint density at radius 2 is 1.71 bits per heavy atom. The monoisotopic (exact) mass is 277 g/mol. The summed E-state index contributed by atoms with van der Waals surface area (Å²) in [5, 5.41) is 1.04. The third kappa shape index (κ3) is 2.49. The van der Waals surface area contributed by atoms with Crippen molar-refractivity contribution < 1.29 is 4.79 Å². The van der Waals surface area contributed by atoms with Gasteiger partial charge in [0, 0.05) is 29.2 Å². The second-order valence-corrected chi connectivity index (χ2v) is 5.78. The molecule has 106 valence electrons. The van der Waals surface area contributed by atoms with Crippen LogP contribution in [0.25, 0.3) is 10.9 Å². The van der Waals surface area contributed by atoms with E-state index in [0.717, 1.165) is 29.3 Å². The fourth-order valence-electron chi connectivity index (χ4n) is 2.82. The van der Waals surface area contributed by atoms with Gasteiger partial charge in [0.25, 0.3) is 0 Å². The Balaban J connectivity index is 2.12. The zero-order valence-corrected chi connectivity index (χ0v) is 12.7. The molecule has 2 heteroatoms. The zero-order valence-electron chi connectivity index (χ0n) is 12.7. The van der Waals surface area contributed by atoms with Gasteiger partial charge in [-0.2, -0.15) is 0 Å². The predicted molar refractivity (Wildman–Crippen MR) is 87.1 cm³/mol. The van der Waals surface area contributed by atoms with Crippen molar-refractivity contribution in [2.24, 2.45) is 0 Å². The van der Waals surface area contributed by atoms with Crippen molar-refractivity contribution in [1.82, 2.24) is 4.57 Å². The molecule has 2 nitrogen and oxygen atoms in total. The van der Waals surface area contributed by atoms with Gasteiger partial charge in [-0.25, -0.2) is 0 Å². The number of aromatic nitrogens is 1. The largest absolute Gasteiger partial charge is 0.342 e. The van der Waals surface area contributed by atoms with E-state index in [1.54, 1.807) is 0 Å². The van der Waals surface area contributed by atoms with E-state index in [1.807, 2.05) is 6.20 Å². The third-order valence-corrected chi connectivity index (χ3v) is 4.04. The van der Waals surface area contributed by atoms with E-state index in [-0.39, 0.29) is 0 Å². The maximum atomic E-state index is 11.3. The van der Waals surface area contributed by atoms with Crippen LogP contribution in [0.5, 0.6) is 0 Å². The molecule has 0 aliphatic rings. The lowest BCUT2D eigenvalue weighted by Gasteiger charge is -2.10. The number of rotatable bonds is 3. The summed E-state index contributed by atoms with van der Waals surface area (Å²) in [5.74, 6) is 0. The number of hydrogen-bond acceptors (Lipinski definition) is 1. The second kappa shape index (κ2) is 5.21. The van der Waals surface area contributed by atoms with Gasteiger partial charge in [-0.05, 0) is 44.0 Å². The van der Waals surface area contributed by atoms with Crippen molar-refractivity contribution in [3.63, 3.8) is 0 Å². The van der Waals surface area contributed by atoms with E-state index >= 15 is 0 Å². The molecule has 3 aromatic rings. The summed E-state index contributed by atoms with van der Waals surface area (Å²) in [6.45, 7) is 7.08. The molecule has 0 N–H and O–H groups in total. The summed E-state index contributed by atoms with van der Waals surface area (Å²) < 4.78 is 2.17. The van der Waals surface area contributed by atoms with Crippen LogP contribution >= 0.6 is 0 Å². The number of aryl methyl sites for hydroxylation is 3. The molecule has 1 aromatic heterocycles. The molecule has 3 rings (SSSR count). The van der Waals surface area contributed by atoms with E-state index in [4.69, 9.17) is 0 Å². The molecule has 0 fully saturated rings. The van der Waals surface area contributed by atoms with E-state index in [1.165, 1.54) is 22.3 Å². The van der Waals surface area contributed by atoms with Gasteiger partial charge in [0.2, 0.25) is 0 Å². The van der Waals surface area contributed by atoms with Gasteiger partial charge < -0.3 is 4.57 Å². The molecule has 21 heavy (non-hydrogen) atoms. The minimum atomic E-state index is 0.763. The number of carbonyl (C=O) groups is 1. The highest BCUT2D eigenvalue weighted by Crippen LogP contribution is 2.23. The first-order valence-electron chi connectivity index (χ1n) is 7.19. The highest BCUT2D eigenvalue weighted by molar-refractivity contribution is 5.98. The molecule has 0 spiro atoms. The molecule has 0 aliphatic heterocycles. The van der Waals surface area contributed by atoms with Gasteiger partial charge in [-0.15, -0.1) is 0 Å². The normalized spacial score (nSPS) is 11.0. The van der Waals surface area contributed by atoms with Crippen LogP contribution in [0.1, 0.15) is 32.6 Å². The molecule has 0 radical (unpaired) electrons. The first-order valence-corrected chi connectivity index (χ1v) is 7.19. The molecule has 0 saturated heterocycles. The quantitative estimate of drug-likeness (QED) is 0.649. The fourth-order valence-corrected chi connectivity index (χ4v) is 2.82. The average molecular weight is 277 g/mol. The lowest BCUT2D eigenvalue weighted by molar-refractivity contribution is 0.112. The SMILES string of the molecule is Cc1ccc(C)c(Cn2cc(C=O)c3cc(C)ccc32)c1. The van der Waals surface area contributed by atoms with E-state index < -0.39 is 0 Å². The Hall–Kier alpha value is -2.35. The van der Waals surface area contributed by atoms with Gasteiger partial charge in [-0.3, -0.25) is 4.79 Å². The molecule has 2 aromatic carbocycles. The molecular weight excluding hydrogens is 258 g/mol. The van der Waals surface area contributed by atoms with E-state index in [0.29, 0.717) is 0 Å². The number of hydrogen-bond donors (Lipinski definition) is 0. The first kappa shape index (κ1) is 13.6. The Morgan fingerprint density at radius 1 is 1.00 bits per heavy atom. The zero-order chi connectivity index (χ0) is 15.0. The van der Waals surface area contributed by atoms with Crippen molar-refractivity contribution in [3.8, 4) is 0 Å². The number of aldehydes is 1. The Morgan fingerprint density at radius 3 is 2.48 bits per heavy atom. The Bertz CT molecular complexity index is 827. The topological polar surface area (TPSA) is 22.0 Å². The van der Waals surface area contributed by atoms with Crippen LogP contribution in [-0.4, -0.2) is 10.9 Å². The van der Waals surface area contributed by atoms with Gasteiger partial charge in [0.05, 0.1) is 0 Å². The minimum Gasteiger partial charge on any atom is -0.342 e. The molecule has 0 unspecified atom stereocenters. The van der Waals surface area contributed by atoms with Gasteiger partial charge >= 0.3 is 0 Å². The van der Waals surface area contributed by atoms with E-state index in [9.17, 15) is 4.79 Å². The lowest BCUT2D eigenvalue weighted by atomic mass is 10.1. The third-order valence-electron chi connectivity index (χ3n) is 4.04. The maximum absolute atomic E-state index is 11.3. The van der Waals surface area contributed by atoms with Crippen LogP contribution in [0.4, 0.5) is 0 Å². The second-order valence-electron chi connectivity index (χ2n) is 5.78. The average Bonchev–Trinajstić information content (AvgIpc) is 2.80. The highest BCUT2D eigenvalue weighted by atomic mass is 16.1. The van der Waals surface area contributed by atoms with Gasteiger partial charge in [0.15, 0.2) is 6.29 Å². The standard InChI is InChI=1S/C19H19NO/c1-13-4-6-15(3)16(8-13)10-20-11-17(12-21)18-9-14(2)5-7-19(18)20/h4-9,11-12H,10H2,1-3H3. The maximum Gasteiger partial charge on any atom is 0.152 e.